The second kappa shape index (κ2) is 8.28. The van der Waals surface area contributed by atoms with Gasteiger partial charge in [0.1, 0.15) is 0 Å². The molecular formula is C15H24ClNO. The third-order valence-corrected chi connectivity index (χ3v) is 3.09. The number of ketones is 1. The number of carbonyl (C=O) groups is 1. The van der Waals surface area contributed by atoms with E-state index in [4.69, 9.17) is 0 Å². The predicted octanol–water partition coefficient (Wildman–Crippen LogP) is 3.72. The summed E-state index contributed by atoms with van der Waals surface area (Å²) in [5.41, 5.74) is 2.02. The first-order valence-electron chi connectivity index (χ1n) is 6.33. The first-order valence-corrected chi connectivity index (χ1v) is 6.33. The van der Waals surface area contributed by atoms with E-state index in [0.29, 0.717) is 0 Å². The summed E-state index contributed by atoms with van der Waals surface area (Å²) in [6, 6.07) is 7.87. The van der Waals surface area contributed by atoms with Crippen LogP contribution in [0.5, 0.6) is 0 Å². The van der Waals surface area contributed by atoms with Crippen molar-refractivity contribution in [3.8, 4) is 0 Å². The Labute approximate surface area is 117 Å². The molecule has 0 bridgehead atoms. The van der Waals surface area contributed by atoms with Crippen LogP contribution in [0, 0.1) is 6.92 Å². The number of Topliss-reactive ketones (excluding diaryl/α,β-unsaturated/α-hetero) is 1. The summed E-state index contributed by atoms with van der Waals surface area (Å²) in [6.07, 6.45) is 3.17. The van der Waals surface area contributed by atoms with Crippen molar-refractivity contribution in [2.75, 3.05) is 14.1 Å². The summed E-state index contributed by atoms with van der Waals surface area (Å²) < 4.78 is 0. The Balaban J connectivity index is 0.00000289. The van der Waals surface area contributed by atoms with Gasteiger partial charge in [-0.05, 0) is 27.4 Å². The number of hydrogen-bond acceptors (Lipinski definition) is 2. The third-order valence-electron chi connectivity index (χ3n) is 3.09. The molecule has 18 heavy (non-hydrogen) atoms. The van der Waals surface area contributed by atoms with Gasteiger partial charge in [0.2, 0.25) is 0 Å². The molecule has 0 radical (unpaired) electrons. The minimum Gasteiger partial charge on any atom is -0.299 e. The number of unbranched alkanes of at least 4 members (excludes halogenated alkanes) is 1. The lowest BCUT2D eigenvalue weighted by atomic mass is 9.98. The van der Waals surface area contributed by atoms with Crippen LogP contribution in [0.1, 0.15) is 42.1 Å². The summed E-state index contributed by atoms with van der Waals surface area (Å²) in [6.45, 7) is 4.19. The number of rotatable bonds is 6. The molecule has 1 rings (SSSR count). The number of aryl methyl sites for hydroxylation is 1. The summed E-state index contributed by atoms with van der Waals surface area (Å²) in [5, 5.41) is 0. The van der Waals surface area contributed by atoms with Gasteiger partial charge in [-0.25, -0.2) is 0 Å². The maximum absolute atomic E-state index is 12.4. The Morgan fingerprint density at radius 3 is 2.22 bits per heavy atom. The minimum absolute atomic E-state index is 0. The molecular weight excluding hydrogens is 246 g/mol. The molecule has 102 valence electrons. The second-order valence-corrected chi connectivity index (χ2v) is 4.85. The molecule has 0 fully saturated rings. The maximum Gasteiger partial charge on any atom is 0.179 e. The fraction of sp³-hybridized carbons (Fsp3) is 0.533. The molecule has 0 aliphatic rings. The lowest BCUT2D eigenvalue weighted by molar-refractivity contribution is 0.0864. The van der Waals surface area contributed by atoms with Gasteiger partial charge >= 0.3 is 0 Å². The molecule has 0 saturated heterocycles. The van der Waals surface area contributed by atoms with Crippen LogP contribution in [-0.2, 0) is 0 Å². The molecule has 1 aromatic carbocycles. The summed E-state index contributed by atoms with van der Waals surface area (Å²) in [7, 11) is 3.96. The van der Waals surface area contributed by atoms with Crippen molar-refractivity contribution < 1.29 is 4.79 Å². The summed E-state index contributed by atoms with van der Waals surface area (Å²) in [5.74, 6) is 0.239. The van der Waals surface area contributed by atoms with Crippen LogP contribution in [0.3, 0.4) is 0 Å². The standard InChI is InChI=1S/C15H23NO.ClH/c1-5-6-7-14(16(3)4)15(17)13-10-8-12(2)9-11-13;/h8-11,14H,5-7H2,1-4H3;1H. The lowest BCUT2D eigenvalue weighted by Gasteiger charge is -2.23. The largest absolute Gasteiger partial charge is 0.299 e. The molecule has 2 nitrogen and oxygen atoms in total. The van der Waals surface area contributed by atoms with Gasteiger partial charge in [-0.1, -0.05) is 49.6 Å². The Morgan fingerprint density at radius 1 is 1.22 bits per heavy atom. The zero-order chi connectivity index (χ0) is 12.8. The van der Waals surface area contributed by atoms with Crippen molar-refractivity contribution >= 4 is 18.2 Å². The fourth-order valence-corrected chi connectivity index (χ4v) is 1.93. The highest BCUT2D eigenvalue weighted by atomic mass is 35.5. The van der Waals surface area contributed by atoms with Crippen LogP contribution in [0.25, 0.3) is 0 Å². The van der Waals surface area contributed by atoms with Crippen LogP contribution < -0.4 is 0 Å². The molecule has 0 spiro atoms. The fourth-order valence-electron chi connectivity index (χ4n) is 1.93. The number of nitrogens with zero attached hydrogens (tertiary/aromatic N) is 1. The van der Waals surface area contributed by atoms with Gasteiger partial charge in [0.15, 0.2) is 5.78 Å². The lowest BCUT2D eigenvalue weighted by Crippen LogP contribution is -2.35. The van der Waals surface area contributed by atoms with E-state index in [1.54, 1.807) is 0 Å². The van der Waals surface area contributed by atoms with Gasteiger partial charge in [-0.2, -0.15) is 0 Å². The minimum atomic E-state index is 0. The molecule has 0 heterocycles. The predicted molar refractivity (Wildman–Crippen MR) is 79.8 cm³/mol. The highest BCUT2D eigenvalue weighted by molar-refractivity contribution is 6.00. The molecule has 0 N–H and O–H groups in total. The van der Waals surface area contributed by atoms with Crippen LogP contribution in [-0.4, -0.2) is 30.8 Å². The molecule has 1 aromatic rings. The Bertz CT molecular complexity index is 359. The van der Waals surface area contributed by atoms with Crippen molar-refractivity contribution in [1.82, 2.24) is 4.90 Å². The van der Waals surface area contributed by atoms with E-state index in [1.807, 2.05) is 50.2 Å². The van der Waals surface area contributed by atoms with E-state index < -0.39 is 0 Å². The number of halogens is 1. The average Bonchev–Trinajstić information content (AvgIpc) is 2.29. The van der Waals surface area contributed by atoms with Crippen LogP contribution >= 0.6 is 12.4 Å². The Hall–Kier alpha value is -0.860. The molecule has 0 amide bonds. The zero-order valence-electron chi connectivity index (χ0n) is 11.8. The van der Waals surface area contributed by atoms with Gasteiger partial charge in [-0.15, -0.1) is 12.4 Å². The normalized spacial score (nSPS) is 12.1. The molecule has 3 heteroatoms. The van der Waals surface area contributed by atoms with E-state index >= 15 is 0 Å². The molecule has 1 unspecified atom stereocenters. The van der Waals surface area contributed by atoms with Crippen molar-refractivity contribution in [3.05, 3.63) is 35.4 Å². The maximum atomic E-state index is 12.4. The average molecular weight is 270 g/mol. The Kier molecular flexibility index (Phi) is 7.88. The third kappa shape index (κ3) is 4.79. The van der Waals surface area contributed by atoms with E-state index in [9.17, 15) is 4.79 Å². The first kappa shape index (κ1) is 17.1. The molecule has 0 saturated carbocycles. The number of carbonyl (C=O) groups excluding carboxylic acids is 1. The van der Waals surface area contributed by atoms with Crippen LogP contribution in [0.2, 0.25) is 0 Å². The molecule has 1 atom stereocenters. The molecule has 0 aromatic heterocycles. The van der Waals surface area contributed by atoms with E-state index in [2.05, 4.69) is 6.92 Å². The van der Waals surface area contributed by atoms with Crippen molar-refractivity contribution in [1.29, 1.82) is 0 Å². The molecule has 0 aliphatic carbocycles. The summed E-state index contributed by atoms with van der Waals surface area (Å²) >= 11 is 0. The number of likely N-dealkylation sites (N-methyl/N-ethyl adjacent to an activating group) is 1. The quantitative estimate of drug-likeness (QED) is 0.734. The van der Waals surface area contributed by atoms with E-state index in [0.717, 1.165) is 24.8 Å². The monoisotopic (exact) mass is 269 g/mol. The zero-order valence-corrected chi connectivity index (χ0v) is 12.6. The number of hydrogen-bond donors (Lipinski definition) is 0. The second-order valence-electron chi connectivity index (χ2n) is 4.85. The smallest absolute Gasteiger partial charge is 0.179 e. The van der Waals surface area contributed by atoms with Crippen LogP contribution in [0.4, 0.5) is 0 Å². The summed E-state index contributed by atoms with van der Waals surface area (Å²) in [4.78, 5) is 14.4. The first-order chi connectivity index (χ1) is 8.06. The van der Waals surface area contributed by atoms with Gasteiger partial charge in [0.05, 0.1) is 6.04 Å². The van der Waals surface area contributed by atoms with Gasteiger partial charge in [0.25, 0.3) is 0 Å². The number of benzene rings is 1. The topological polar surface area (TPSA) is 20.3 Å². The van der Waals surface area contributed by atoms with E-state index in [-0.39, 0.29) is 24.2 Å². The highest BCUT2D eigenvalue weighted by Gasteiger charge is 2.21. The van der Waals surface area contributed by atoms with Crippen LogP contribution in [0.15, 0.2) is 24.3 Å². The van der Waals surface area contributed by atoms with Crippen molar-refractivity contribution in [2.45, 2.75) is 39.2 Å². The van der Waals surface area contributed by atoms with E-state index in [1.165, 1.54) is 5.56 Å². The van der Waals surface area contributed by atoms with Crippen molar-refractivity contribution in [3.63, 3.8) is 0 Å². The Morgan fingerprint density at radius 2 is 1.78 bits per heavy atom. The highest BCUT2D eigenvalue weighted by Crippen LogP contribution is 2.13. The molecule has 0 aliphatic heterocycles. The van der Waals surface area contributed by atoms with Gasteiger partial charge in [-0.3, -0.25) is 9.69 Å². The SMILES string of the molecule is CCCCC(C(=O)c1ccc(C)cc1)N(C)C.Cl. The van der Waals surface area contributed by atoms with Gasteiger partial charge < -0.3 is 0 Å². The van der Waals surface area contributed by atoms with Gasteiger partial charge in [0, 0.05) is 5.56 Å². The van der Waals surface area contributed by atoms with Crippen molar-refractivity contribution in [2.24, 2.45) is 0 Å².